The fraction of sp³-hybridized carbons (Fsp3) is 0.308. The summed E-state index contributed by atoms with van der Waals surface area (Å²) in [6.07, 6.45) is 4.87. The molecule has 1 fully saturated rings. The SMILES string of the molecule is CCOc1ccc(C(=O)N2CCC(Oc3ncnc4c3cnn4-c3ccc(S(C)(=O)=O)cc3F)CC2)cc1. The molecule has 2 aromatic carbocycles. The maximum atomic E-state index is 14.8. The van der Waals surface area contributed by atoms with Gasteiger partial charge in [-0.1, -0.05) is 0 Å². The summed E-state index contributed by atoms with van der Waals surface area (Å²) < 4.78 is 51.1. The van der Waals surface area contributed by atoms with Crippen molar-refractivity contribution in [3.63, 3.8) is 0 Å². The maximum Gasteiger partial charge on any atom is 0.253 e. The summed E-state index contributed by atoms with van der Waals surface area (Å²) in [6.45, 7) is 3.53. The summed E-state index contributed by atoms with van der Waals surface area (Å²) in [5, 5.41) is 4.73. The van der Waals surface area contributed by atoms with Crippen LogP contribution in [0, 0.1) is 5.82 Å². The molecule has 2 aromatic heterocycles. The number of hydrogen-bond donors (Lipinski definition) is 0. The highest BCUT2D eigenvalue weighted by Crippen LogP contribution is 2.28. The van der Waals surface area contributed by atoms with Gasteiger partial charge in [0.25, 0.3) is 5.91 Å². The molecule has 0 atom stereocenters. The predicted octanol–water partition coefficient (Wildman–Crippen LogP) is 3.44. The number of hydrogen-bond acceptors (Lipinski definition) is 8. The van der Waals surface area contributed by atoms with E-state index < -0.39 is 15.7 Å². The Labute approximate surface area is 218 Å². The van der Waals surface area contributed by atoms with E-state index in [1.165, 1.54) is 29.3 Å². The van der Waals surface area contributed by atoms with Gasteiger partial charge in [0.05, 0.1) is 17.7 Å². The van der Waals surface area contributed by atoms with Crippen LogP contribution < -0.4 is 9.47 Å². The molecule has 1 amide bonds. The molecule has 1 saturated heterocycles. The summed E-state index contributed by atoms with van der Waals surface area (Å²) in [7, 11) is -3.55. The molecule has 5 rings (SSSR count). The summed E-state index contributed by atoms with van der Waals surface area (Å²) in [6, 6.07) is 10.7. The molecule has 4 aromatic rings. The quantitative estimate of drug-likeness (QED) is 0.351. The lowest BCUT2D eigenvalue weighted by molar-refractivity contribution is 0.0590. The van der Waals surface area contributed by atoms with Gasteiger partial charge in [0, 0.05) is 37.8 Å². The van der Waals surface area contributed by atoms with E-state index >= 15 is 0 Å². The average Bonchev–Trinajstić information content (AvgIpc) is 3.34. The van der Waals surface area contributed by atoms with Crippen LogP contribution in [0.4, 0.5) is 4.39 Å². The second-order valence-corrected chi connectivity index (χ2v) is 10.9. The first-order chi connectivity index (χ1) is 18.2. The number of piperidine rings is 1. The Hall–Kier alpha value is -4.06. The van der Waals surface area contributed by atoms with Gasteiger partial charge in [0.1, 0.15) is 35.1 Å². The van der Waals surface area contributed by atoms with Gasteiger partial charge >= 0.3 is 0 Å². The van der Waals surface area contributed by atoms with Crippen LogP contribution in [0.3, 0.4) is 0 Å². The van der Waals surface area contributed by atoms with Crippen molar-refractivity contribution in [2.24, 2.45) is 0 Å². The topological polar surface area (TPSA) is 117 Å². The highest BCUT2D eigenvalue weighted by atomic mass is 32.2. The number of carbonyl (C=O) groups excluding carboxylic acids is 1. The molecule has 10 nitrogen and oxygen atoms in total. The summed E-state index contributed by atoms with van der Waals surface area (Å²) in [4.78, 5) is 23.1. The number of fused-ring (bicyclic) bond motifs is 1. The average molecular weight is 540 g/mol. The van der Waals surface area contributed by atoms with E-state index in [9.17, 15) is 17.6 Å². The molecule has 0 N–H and O–H groups in total. The molecule has 12 heteroatoms. The molecule has 1 aliphatic rings. The molecule has 0 saturated carbocycles. The lowest BCUT2D eigenvalue weighted by atomic mass is 10.1. The van der Waals surface area contributed by atoms with Gasteiger partial charge in [-0.05, 0) is 49.4 Å². The van der Waals surface area contributed by atoms with E-state index in [-0.39, 0.29) is 22.6 Å². The van der Waals surface area contributed by atoms with Crippen molar-refractivity contribution in [1.29, 1.82) is 0 Å². The Balaban J connectivity index is 1.28. The zero-order chi connectivity index (χ0) is 26.9. The van der Waals surface area contributed by atoms with Gasteiger partial charge in [-0.3, -0.25) is 4.79 Å². The van der Waals surface area contributed by atoms with E-state index in [4.69, 9.17) is 9.47 Å². The zero-order valence-corrected chi connectivity index (χ0v) is 21.7. The molecule has 0 unspecified atom stereocenters. The van der Waals surface area contributed by atoms with Gasteiger partial charge in [0.2, 0.25) is 5.88 Å². The van der Waals surface area contributed by atoms with E-state index in [1.807, 2.05) is 6.92 Å². The Morgan fingerprint density at radius 1 is 1.11 bits per heavy atom. The number of amides is 1. The molecule has 38 heavy (non-hydrogen) atoms. The molecular weight excluding hydrogens is 513 g/mol. The van der Waals surface area contributed by atoms with E-state index in [0.717, 1.165) is 18.1 Å². The summed E-state index contributed by atoms with van der Waals surface area (Å²) in [5.74, 6) is 0.250. The fourth-order valence-electron chi connectivity index (χ4n) is 4.36. The molecule has 0 spiro atoms. The standard InChI is InChI=1S/C26H26FN5O5S/c1-3-36-18-6-4-17(5-7-18)26(33)31-12-10-19(11-13-31)37-25-21-15-30-32(24(21)28-16-29-25)23-9-8-20(14-22(23)27)38(2,34)35/h4-9,14-16,19H,3,10-13H2,1-2H3. The van der Waals surface area contributed by atoms with Crippen molar-refractivity contribution >= 4 is 26.8 Å². The molecule has 3 heterocycles. The first kappa shape index (κ1) is 25.6. The number of sulfone groups is 1. The summed E-state index contributed by atoms with van der Waals surface area (Å²) >= 11 is 0. The molecule has 0 bridgehead atoms. The Bertz CT molecular complexity index is 1580. The monoisotopic (exact) mass is 539 g/mol. The summed E-state index contributed by atoms with van der Waals surface area (Å²) in [5.41, 5.74) is 0.983. The number of halogens is 1. The van der Waals surface area contributed by atoms with Crippen LogP contribution >= 0.6 is 0 Å². The van der Waals surface area contributed by atoms with E-state index in [0.29, 0.717) is 55.0 Å². The van der Waals surface area contributed by atoms with Crippen LogP contribution in [0.1, 0.15) is 30.1 Å². The molecule has 0 aliphatic carbocycles. The fourth-order valence-corrected chi connectivity index (χ4v) is 4.99. The number of ether oxygens (including phenoxy) is 2. The smallest absolute Gasteiger partial charge is 0.253 e. The van der Waals surface area contributed by atoms with Crippen molar-refractivity contribution in [2.45, 2.75) is 30.8 Å². The van der Waals surface area contributed by atoms with Crippen molar-refractivity contribution in [2.75, 3.05) is 26.0 Å². The lowest BCUT2D eigenvalue weighted by Crippen LogP contribution is -2.41. The molecule has 198 valence electrons. The highest BCUT2D eigenvalue weighted by molar-refractivity contribution is 7.90. The number of benzene rings is 2. The second kappa shape index (κ2) is 10.4. The predicted molar refractivity (Wildman–Crippen MR) is 137 cm³/mol. The molecule has 0 radical (unpaired) electrons. The Morgan fingerprint density at radius 2 is 1.84 bits per heavy atom. The largest absolute Gasteiger partial charge is 0.494 e. The lowest BCUT2D eigenvalue weighted by Gasteiger charge is -2.32. The first-order valence-corrected chi connectivity index (χ1v) is 14.0. The Kier molecular flexibility index (Phi) is 6.98. The van der Waals surface area contributed by atoms with Gasteiger partial charge in [-0.15, -0.1) is 0 Å². The zero-order valence-electron chi connectivity index (χ0n) is 20.9. The van der Waals surface area contributed by atoms with Crippen LogP contribution in [0.2, 0.25) is 0 Å². The van der Waals surface area contributed by atoms with Gasteiger partial charge in [-0.2, -0.15) is 5.10 Å². The number of carbonyl (C=O) groups is 1. The minimum Gasteiger partial charge on any atom is -0.494 e. The van der Waals surface area contributed by atoms with Crippen molar-refractivity contribution < 1.29 is 27.1 Å². The van der Waals surface area contributed by atoms with E-state index in [1.54, 1.807) is 29.2 Å². The van der Waals surface area contributed by atoms with Crippen molar-refractivity contribution in [1.82, 2.24) is 24.6 Å². The van der Waals surface area contributed by atoms with Crippen molar-refractivity contribution in [3.8, 4) is 17.3 Å². The third-order valence-corrected chi connectivity index (χ3v) is 7.43. The second-order valence-electron chi connectivity index (χ2n) is 8.92. The van der Waals surface area contributed by atoms with Crippen LogP contribution in [0.5, 0.6) is 11.6 Å². The number of aromatic nitrogens is 4. The van der Waals surface area contributed by atoms with Gasteiger partial charge in [0.15, 0.2) is 15.5 Å². The van der Waals surface area contributed by atoms with Crippen LogP contribution in [0.25, 0.3) is 16.7 Å². The highest BCUT2D eigenvalue weighted by Gasteiger charge is 2.26. The van der Waals surface area contributed by atoms with Gasteiger partial charge < -0.3 is 14.4 Å². The minimum absolute atomic E-state index is 0.0406. The van der Waals surface area contributed by atoms with E-state index in [2.05, 4.69) is 15.1 Å². The van der Waals surface area contributed by atoms with Gasteiger partial charge in [-0.25, -0.2) is 27.5 Å². The Morgan fingerprint density at radius 3 is 2.50 bits per heavy atom. The maximum absolute atomic E-state index is 14.8. The minimum atomic E-state index is -3.55. The number of likely N-dealkylation sites (tertiary alicyclic amines) is 1. The number of rotatable bonds is 7. The van der Waals surface area contributed by atoms with Crippen LogP contribution in [-0.4, -0.2) is 71.0 Å². The van der Waals surface area contributed by atoms with Crippen LogP contribution in [-0.2, 0) is 9.84 Å². The number of nitrogens with zero attached hydrogens (tertiary/aromatic N) is 5. The third-order valence-electron chi connectivity index (χ3n) is 6.32. The van der Waals surface area contributed by atoms with Crippen molar-refractivity contribution in [3.05, 3.63) is 66.4 Å². The van der Waals surface area contributed by atoms with Crippen LogP contribution in [0.15, 0.2) is 59.9 Å². The molecule has 1 aliphatic heterocycles. The third kappa shape index (κ3) is 5.17. The normalized spacial score (nSPS) is 14.6. The molecular formula is C26H26FN5O5S. The first-order valence-electron chi connectivity index (χ1n) is 12.1.